The Kier molecular flexibility index (Phi) is 4.45. The maximum atomic E-state index is 12.0. The van der Waals surface area contributed by atoms with Crippen molar-refractivity contribution in [2.75, 3.05) is 0 Å². The van der Waals surface area contributed by atoms with Crippen LogP contribution in [0.5, 0.6) is 0 Å². The first kappa shape index (κ1) is 15.3. The summed E-state index contributed by atoms with van der Waals surface area (Å²) in [6, 6.07) is 0. The van der Waals surface area contributed by atoms with Gasteiger partial charge in [0.05, 0.1) is 6.20 Å². The van der Waals surface area contributed by atoms with E-state index in [1.165, 1.54) is 6.08 Å². The molecule has 1 saturated carbocycles. The Bertz CT molecular complexity index is 564. The van der Waals surface area contributed by atoms with Crippen molar-refractivity contribution in [3.63, 3.8) is 0 Å². The van der Waals surface area contributed by atoms with Crippen molar-refractivity contribution in [1.82, 2.24) is 15.1 Å². The second-order valence-corrected chi connectivity index (χ2v) is 5.86. The second-order valence-electron chi connectivity index (χ2n) is 5.86. The molecule has 0 aliphatic heterocycles. The Morgan fingerprint density at radius 2 is 2.33 bits per heavy atom. The molecule has 0 bridgehead atoms. The molecule has 6 nitrogen and oxygen atoms in total. The van der Waals surface area contributed by atoms with Crippen LogP contribution in [0.15, 0.2) is 18.5 Å². The number of aliphatic carboxylic acids is 1. The maximum Gasteiger partial charge on any atom is 0.329 e. The van der Waals surface area contributed by atoms with Crippen LogP contribution >= 0.6 is 0 Å². The van der Waals surface area contributed by atoms with Gasteiger partial charge in [0.25, 0.3) is 0 Å². The lowest BCUT2D eigenvalue weighted by atomic mass is 9.76. The summed E-state index contributed by atoms with van der Waals surface area (Å²) in [4.78, 5) is 23.6. The summed E-state index contributed by atoms with van der Waals surface area (Å²) in [6.45, 7) is 2.02. The molecule has 0 saturated heterocycles. The van der Waals surface area contributed by atoms with Gasteiger partial charge in [0.1, 0.15) is 5.54 Å². The highest BCUT2D eigenvalue weighted by Crippen LogP contribution is 2.32. The molecule has 1 aliphatic rings. The van der Waals surface area contributed by atoms with Crippen LogP contribution in [0.3, 0.4) is 0 Å². The van der Waals surface area contributed by atoms with Crippen molar-refractivity contribution in [1.29, 1.82) is 0 Å². The van der Waals surface area contributed by atoms with Crippen molar-refractivity contribution < 1.29 is 14.7 Å². The van der Waals surface area contributed by atoms with Crippen LogP contribution in [0, 0.1) is 5.92 Å². The average molecular weight is 291 g/mol. The fourth-order valence-electron chi connectivity index (χ4n) is 2.89. The highest BCUT2D eigenvalue weighted by atomic mass is 16.4. The van der Waals surface area contributed by atoms with Crippen molar-refractivity contribution in [2.45, 2.75) is 38.1 Å². The molecule has 1 aromatic rings. The molecule has 21 heavy (non-hydrogen) atoms. The molecule has 0 spiro atoms. The van der Waals surface area contributed by atoms with Gasteiger partial charge in [-0.2, -0.15) is 5.10 Å². The molecular formula is C15H21N3O3. The Hall–Kier alpha value is -2.11. The molecule has 1 amide bonds. The van der Waals surface area contributed by atoms with E-state index in [0.29, 0.717) is 18.8 Å². The number of carbonyl (C=O) groups is 2. The summed E-state index contributed by atoms with van der Waals surface area (Å²) in [6.07, 6.45) is 9.20. The quantitative estimate of drug-likeness (QED) is 0.825. The van der Waals surface area contributed by atoms with E-state index >= 15 is 0 Å². The van der Waals surface area contributed by atoms with Crippen LogP contribution in [-0.4, -0.2) is 32.3 Å². The maximum absolute atomic E-state index is 12.0. The number of carbonyl (C=O) groups excluding carboxylic acids is 1. The fraction of sp³-hybridized carbons (Fsp3) is 0.533. The molecule has 2 atom stereocenters. The normalized spacial score (nSPS) is 25.9. The van der Waals surface area contributed by atoms with Gasteiger partial charge in [-0.25, -0.2) is 4.79 Å². The number of hydrogen-bond donors (Lipinski definition) is 2. The Balaban J connectivity index is 2.05. The van der Waals surface area contributed by atoms with Crippen molar-refractivity contribution in [3.05, 3.63) is 24.0 Å². The monoisotopic (exact) mass is 291 g/mol. The Morgan fingerprint density at radius 3 is 2.90 bits per heavy atom. The number of amides is 1. The van der Waals surface area contributed by atoms with Crippen LogP contribution < -0.4 is 5.32 Å². The minimum atomic E-state index is -1.13. The summed E-state index contributed by atoms with van der Waals surface area (Å²) in [5.74, 6) is -1.02. The molecule has 1 aromatic heterocycles. The largest absolute Gasteiger partial charge is 0.480 e. The Labute approximate surface area is 123 Å². The third-order valence-corrected chi connectivity index (χ3v) is 3.92. The third-order valence-electron chi connectivity index (χ3n) is 3.92. The summed E-state index contributed by atoms with van der Waals surface area (Å²) in [5.41, 5.74) is -0.331. The lowest BCUT2D eigenvalue weighted by Gasteiger charge is -2.36. The topological polar surface area (TPSA) is 84.2 Å². The third kappa shape index (κ3) is 3.71. The molecule has 1 aliphatic carbocycles. The van der Waals surface area contributed by atoms with E-state index < -0.39 is 11.5 Å². The van der Waals surface area contributed by atoms with Gasteiger partial charge in [-0.15, -0.1) is 0 Å². The summed E-state index contributed by atoms with van der Waals surface area (Å²) in [7, 11) is 1.79. The van der Waals surface area contributed by atoms with E-state index in [-0.39, 0.29) is 5.91 Å². The van der Waals surface area contributed by atoms with E-state index in [1.807, 2.05) is 6.92 Å². The van der Waals surface area contributed by atoms with Crippen molar-refractivity contribution in [2.24, 2.45) is 13.0 Å². The van der Waals surface area contributed by atoms with E-state index in [4.69, 9.17) is 0 Å². The molecule has 0 radical (unpaired) electrons. The van der Waals surface area contributed by atoms with Crippen LogP contribution in [0.1, 0.15) is 38.2 Å². The molecule has 0 aromatic carbocycles. The van der Waals surface area contributed by atoms with Gasteiger partial charge in [-0.05, 0) is 24.8 Å². The summed E-state index contributed by atoms with van der Waals surface area (Å²) >= 11 is 0. The van der Waals surface area contributed by atoms with Gasteiger partial charge < -0.3 is 10.4 Å². The zero-order chi connectivity index (χ0) is 15.5. The molecule has 6 heteroatoms. The number of rotatable bonds is 4. The minimum absolute atomic E-state index is 0.303. The molecule has 2 unspecified atom stereocenters. The number of aromatic nitrogens is 2. The zero-order valence-electron chi connectivity index (χ0n) is 12.4. The van der Waals surface area contributed by atoms with Gasteiger partial charge in [0.2, 0.25) is 5.91 Å². The molecule has 114 valence electrons. The van der Waals surface area contributed by atoms with Crippen molar-refractivity contribution >= 4 is 18.0 Å². The number of carboxylic acids is 1. The first-order valence-electron chi connectivity index (χ1n) is 7.13. The number of aryl methyl sites for hydroxylation is 1. The van der Waals surface area contributed by atoms with Gasteiger partial charge in [-0.3, -0.25) is 9.48 Å². The molecule has 1 heterocycles. The van der Waals surface area contributed by atoms with E-state index in [1.54, 1.807) is 30.2 Å². The second kappa shape index (κ2) is 6.11. The minimum Gasteiger partial charge on any atom is -0.480 e. The SMILES string of the molecule is CC1CCCC(NC(=O)C=Cc2cnn(C)c2)(C(=O)O)C1. The summed E-state index contributed by atoms with van der Waals surface area (Å²) in [5, 5.41) is 16.2. The van der Waals surface area contributed by atoms with E-state index in [2.05, 4.69) is 10.4 Å². The predicted molar refractivity (Wildman–Crippen MR) is 78.4 cm³/mol. The molecule has 1 fully saturated rings. The van der Waals surface area contributed by atoms with Gasteiger partial charge >= 0.3 is 5.97 Å². The van der Waals surface area contributed by atoms with Crippen LogP contribution in [-0.2, 0) is 16.6 Å². The smallest absolute Gasteiger partial charge is 0.329 e. The van der Waals surface area contributed by atoms with E-state index in [9.17, 15) is 14.7 Å². The first-order valence-corrected chi connectivity index (χ1v) is 7.13. The first-order chi connectivity index (χ1) is 9.91. The number of hydrogen-bond acceptors (Lipinski definition) is 3. The van der Waals surface area contributed by atoms with Gasteiger partial charge in [0.15, 0.2) is 0 Å². The lowest BCUT2D eigenvalue weighted by molar-refractivity contribution is -0.149. The van der Waals surface area contributed by atoms with Gasteiger partial charge in [-0.1, -0.05) is 19.8 Å². The van der Waals surface area contributed by atoms with Crippen LogP contribution in [0.25, 0.3) is 6.08 Å². The molecule has 2 rings (SSSR count). The number of nitrogens with one attached hydrogen (secondary N) is 1. The summed E-state index contributed by atoms with van der Waals surface area (Å²) < 4.78 is 1.64. The zero-order valence-corrected chi connectivity index (χ0v) is 12.4. The van der Waals surface area contributed by atoms with Gasteiger partial charge in [0, 0.05) is 24.9 Å². The predicted octanol–water partition coefficient (Wildman–Crippen LogP) is 1.58. The fourth-order valence-corrected chi connectivity index (χ4v) is 2.89. The van der Waals surface area contributed by atoms with E-state index in [0.717, 1.165) is 18.4 Å². The highest BCUT2D eigenvalue weighted by molar-refractivity contribution is 5.95. The number of nitrogens with zero attached hydrogens (tertiary/aromatic N) is 2. The van der Waals surface area contributed by atoms with Crippen LogP contribution in [0.4, 0.5) is 0 Å². The standard InChI is InChI=1S/C15H21N3O3/c1-11-4-3-7-15(8-11,14(20)21)17-13(19)6-5-12-9-16-18(2)10-12/h5-6,9-11H,3-4,7-8H2,1-2H3,(H,17,19)(H,20,21). The molecule has 2 N–H and O–H groups in total. The van der Waals surface area contributed by atoms with Crippen molar-refractivity contribution in [3.8, 4) is 0 Å². The Morgan fingerprint density at radius 1 is 1.57 bits per heavy atom. The highest BCUT2D eigenvalue weighted by Gasteiger charge is 2.42. The lowest BCUT2D eigenvalue weighted by Crippen LogP contribution is -2.56. The average Bonchev–Trinajstić information content (AvgIpc) is 2.82. The number of carboxylic acid groups (broad SMARTS) is 1. The van der Waals surface area contributed by atoms with Crippen LogP contribution in [0.2, 0.25) is 0 Å². The molecular weight excluding hydrogens is 270 g/mol.